The van der Waals surface area contributed by atoms with E-state index in [1.165, 1.54) is 51.4 Å². The van der Waals surface area contributed by atoms with Gasteiger partial charge < -0.3 is 24.0 Å². The fourth-order valence-electron chi connectivity index (χ4n) is 2.64. The first-order valence-corrected chi connectivity index (χ1v) is 13.4. The minimum Gasteiger partial charge on any atom is -1.00 e. The van der Waals surface area contributed by atoms with Crippen molar-refractivity contribution in [2.45, 2.75) is 99.9 Å². The van der Waals surface area contributed by atoms with Crippen LogP contribution in [-0.4, -0.2) is 13.6 Å². The summed E-state index contributed by atoms with van der Waals surface area (Å²) in [6.45, 7) is 9.46. The first kappa shape index (κ1) is 21.6. The van der Waals surface area contributed by atoms with Crippen molar-refractivity contribution in [2.24, 2.45) is 0 Å². The van der Waals surface area contributed by atoms with Gasteiger partial charge in [-0.25, -0.2) is 0 Å². The van der Waals surface area contributed by atoms with E-state index in [9.17, 15) is 0 Å². The summed E-state index contributed by atoms with van der Waals surface area (Å²) >= 11 is -1.26. The smallest absolute Gasteiger partial charge is 1.00 e. The molecule has 18 heavy (non-hydrogen) atoms. The molecule has 0 aliphatic heterocycles. The molecule has 112 valence electrons. The second kappa shape index (κ2) is 14.7. The molecule has 0 nitrogen and oxygen atoms in total. The van der Waals surface area contributed by atoms with Crippen LogP contribution in [0.2, 0.25) is 20.8 Å². The fraction of sp³-hybridized carbons (Fsp3) is 1.00. The molecule has 0 radical (unpaired) electrons. The Balaban J connectivity index is 0. The molecule has 0 N–H and O–H groups in total. The van der Waals surface area contributed by atoms with Crippen LogP contribution in [0.15, 0.2) is 0 Å². The van der Waals surface area contributed by atoms with Crippen molar-refractivity contribution in [3.8, 4) is 0 Å². The van der Waals surface area contributed by atoms with Crippen LogP contribution >= 0.6 is 0 Å². The molecule has 0 aromatic heterocycles. The molecule has 0 aromatic carbocycles. The van der Waals surface area contributed by atoms with E-state index in [-0.39, 0.29) is 24.0 Å². The summed E-state index contributed by atoms with van der Waals surface area (Å²) in [5, 5.41) is 6.65. The standard InChI is InChI=1S/C16H36As.HI/c1-5-9-13-17(14-10-6-2,15-11-7-3)16-12-8-4;/h5-16H2,1-4H3;1H/q+1;/p-1. The maximum Gasteiger partial charge on any atom is -1.00 e. The Morgan fingerprint density at radius 2 is 0.722 bits per heavy atom. The van der Waals surface area contributed by atoms with E-state index in [2.05, 4.69) is 27.7 Å². The molecule has 0 heterocycles. The van der Waals surface area contributed by atoms with Gasteiger partial charge in [0.25, 0.3) is 0 Å². The van der Waals surface area contributed by atoms with Crippen LogP contribution < -0.4 is 24.0 Å². The Hall–Kier alpha value is 1.29. The first-order chi connectivity index (χ1) is 8.24. The predicted octanol–water partition coefficient (Wildman–Crippen LogP) is 3.64. The quantitative estimate of drug-likeness (QED) is 0.328. The van der Waals surface area contributed by atoms with Gasteiger partial charge >= 0.3 is 113 Å². The Morgan fingerprint density at radius 1 is 0.500 bits per heavy atom. The monoisotopic (exact) mass is 430 g/mol. The van der Waals surface area contributed by atoms with Gasteiger partial charge in [-0.3, -0.25) is 0 Å². The Bertz CT molecular complexity index is 122. The molecule has 0 saturated heterocycles. The maximum absolute atomic E-state index is 2.37. The van der Waals surface area contributed by atoms with Gasteiger partial charge in [0.15, 0.2) is 0 Å². The molecule has 2 heteroatoms. The molecule has 0 amide bonds. The van der Waals surface area contributed by atoms with Crippen molar-refractivity contribution in [1.82, 2.24) is 0 Å². The van der Waals surface area contributed by atoms with Gasteiger partial charge in [0.2, 0.25) is 0 Å². The van der Waals surface area contributed by atoms with E-state index in [4.69, 9.17) is 0 Å². The van der Waals surface area contributed by atoms with Crippen molar-refractivity contribution in [1.29, 1.82) is 0 Å². The SMILES string of the molecule is CCCC[As+](CCCC)(CCCC)CCCC.[I-]. The third kappa shape index (κ3) is 10.1. The number of unbranched alkanes of at least 4 members (excludes halogenated alkanes) is 4. The summed E-state index contributed by atoms with van der Waals surface area (Å²) in [6, 6.07) is 0. The largest absolute Gasteiger partial charge is 1.00 e. The minimum atomic E-state index is -1.26. The average Bonchev–Trinajstić information content (AvgIpc) is 2.37. The molecular weight excluding hydrogens is 394 g/mol. The van der Waals surface area contributed by atoms with Crippen molar-refractivity contribution in [3.63, 3.8) is 0 Å². The number of halogens is 1. The summed E-state index contributed by atoms with van der Waals surface area (Å²) in [6.07, 6.45) is 11.7. The van der Waals surface area contributed by atoms with Gasteiger partial charge in [0, 0.05) is 0 Å². The number of hydrogen-bond acceptors (Lipinski definition) is 0. The topological polar surface area (TPSA) is 0 Å². The summed E-state index contributed by atoms with van der Waals surface area (Å²) in [4.78, 5) is 0. The Kier molecular flexibility index (Phi) is 17.6. The van der Waals surface area contributed by atoms with Crippen molar-refractivity contribution < 1.29 is 24.0 Å². The summed E-state index contributed by atoms with van der Waals surface area (Å²) in [5.41, 5.74) is 0. The van der Waals surface area contributed by atoms with Crippen LogP contribution in [0, 0.1) is 0 Å². The van der Waals surface area contributed by atoms with Crippen LogP contribution in [0.1, 0.15) is 79.1 Å². The van der Waals surface area contributed by atoms with Gasteiger partial charge in [0.05, 0.1) is 0 Å². The normalized spacial score (nSPS) is 11.3. The average molecular weight is 430 g/mol. The zero-order chi connectivity index (χ0) is 13.0. The minimum absolute atomic E-state index is 0. The zero-order valence-electron chi connectivity index (χ0n) is 13.3. The Labute approximate surface area is 137 Å². The van der Waals surface area contributed by atoms with Gasteiger partial charge in [-0.1, -0.05) is 0 Å². The predicted molar refractivity (Wildman–Crippen MR) is 84.6 cm³/mol. The summed E-state index contributed by atoms with van der Waals surface area (Å²) < 4.78 is 0. The van der Waals surface area contributed by atoms with Crippen LogP contribution in [0.3, 0.4) is 0 Å². The Morgan fingerprint density at radius 3 is 0.889 bits per heavy atom. The van der Waals surface area contributed by atoms with Crippen LogP contribution in [0.5, 0.6) is 0 Å². The van der Waals surface area contributed by atoms with E-state index >= 15 is 0 Å². The molecule has 0 aliphatic carbocycles. The molecule has 0 saturated carbocycles. The van der Waals surface area contributed by atoms with Crippen molar-refractivity contribution >= 4 is 13.6 Å². The van der Waals surface area contributed by atoms with E-state index in [0.29, 0.717) is 0 Å². The molecule has 0 unspecified atom stereocenters. The molecule has 0 bridgehead atoms. The summed E-state index contributed by atoms with van der Waals surface area (Å²) in [5.74, 6) is 0. The van der Waals surface area contributed by atoms with Gasteiger partial charge in [-0.05, 0) is 0 Å². The molecule has 0 aromatic rings. The second-order valence-electron chi connectivity index (χ2n) is 5.65. The third-order valence-electron chi connectivity index (χ3n) is 3.94. The third-order valence-corrected chi connectivity index (χ3v) is 14.6. The van der Waals surface area contributed by atoms with Gasteiger partial charge in [-0.2, -0.15) is 0 Å². The molecule has 0 fully saturated rings. The number of hydrogen-bond donors (Lipinski definition) is 0. The summed E-state index contributed by atoms with van der Waals surface area (Å²) in [7, 11) is 0. The molecule has 0 spiro atoms. The molecule has 0 aliphatic rings. The van der Waals surface area contributed by atoms with E-state index in [1.807, 2.05) is 0 Å². The van der Waals surface area contributed by atoms with Crippen LogP contribution in [0.4, 0.5) is 0 Å². The van der Waals surface area contributed by atoms with Gasteiger partial charge in [-0.15, -0.1) is 0 Å². The van der Waals surface area contributed by atoms with E-state index in [1.54, 1.807) is 20.8 Å². The zero-order valence-corrected chi connectivity index (χ0v) is 17.3. The first-order valence-electron chi connectivity index (χ1n) is 8.09. The molecule has 0 rings (SSSR count). The number of rotatable bonds is 12. The fourth-order valence-corrected chi connectivity index (χ4v) is 13.7. The second-order valence-corrected chi connectivity index (χ2v) is 15.0. The maximum atomic E-state index is 2.37. The molecular formula is C16H36AsI. The van der Waals surface area contributed by atoms with E-state index < -0.39 is 13.6 Å². The van der Waals surface area contributed by atoms with Crippen LogP contribution in [0.25, 0.3) is 0 Å². The van der Waals surface area contributed by atoms with Crippen molar-refractivity contribution in [3.05, 3.63) is 0 Å². The van der Waals surface area contributed by atoms with Crippen LogP contribution in [-0.2, 0) is 0 Å². The van der Waals surface area contributed by atoms with Crippen molar-refractivity contribution in [2.75, 3.05) is 0 Å². The van der Waals surface area contributed by atoms with E-state index in [0.717, 1.165) is 0 Å². The van der Waals surface area contributed by atoms with Gasteiger partial charge in [0.1, 0.15) is 0 Å². The molecule has 0 atom stereocenters.